The van der Waals surface area contributed by atoms with Crippen LogP contribution in [0, 0.1) is 5.92 Å². The van der Waals surface area contributed by atoms with Gasteiger partial charge in [-0.3, -0.25) is 9.59 Å². The monoisotopic (exact) mass is 538 g/mol. The van der Waals surface area contributed by atoms with Crippen LogP contribution in [-0.4, -0.2) is 25.5 Å². The quantitative estimate of drug-likeness (QED) is 0.0563. The zero-order valence-electron chi connectivity index (χ0n) is 26.1. The van der Waals surface area contributed by atoms with Crippen molar-refractivity contribution in [2.45, 2.75) is 187 Å². The summed E-state index contributed by atoms with van der Waals surface area (Å²) in [5, 5.41) is 2.99. The molecule has 1 N–H and O–H groups in total. The van der Waals surface area contributed by atoms with Crippen molar-refractivity contribution in [2.24, 2.45) is 5.92 Å². The van der Waals surface area contributed by atoms with Gasteiger partial charge < -0.3 is 10.1 Å². The number of esters is 1. The third kappa shape index (κ3) is 25.2. The molecular weight excluding hydrogens is 470 g/mol. The average molecular weight is 538 g/mol. The van der Waals surface area contributed by atoms with Crippen LogP contribution < -0.4 is 5.32 Å². The van der Waals surface area contributed by atoms with Crippen LogP contribution in [-0.2, 0) is 14.3 Å². The maximum absolute atomic E-state index is 12.6. The van der Waals surface area contributed by atoms with Gasteiger partial charge in [-0.25, -0.2) is 0 Å². The summed E-state index contributed by atoms with van der Waals surface area (Å²) in [6.45, 7) is 5.21. The van der Waals surface area contributed by atoms with Gasteiger partial charge in [0.05, 0.1) is 7.11 Å². The van der Waals surface area contributed by atoms with E-state index in [2.05, 4.69) is 19.2 Å². The lowest BCUT2D eigenvalue weighted by Gasteiger charge is -2.14. The first-order chi connectivity index (χ1) is 18.7. The van der Waals surface area contributed by atoms with E-state index >= 15 is 0 Å². The van der Waals surface area contributed by atoms with Crippen molar-refractivity contribution in [2.75, 3.05) is 13.7 Å². The molecule has 0 saturated carbocycles. The van der Waals surface area contributed by atoms with Gasteiger partial charge in [0.2, 0.25) is 5.91 Å². The van der Waals surface area contributed by atoms with Crippen molar-refractivity contribution in [1.29, 1.82) is 0 Å². The summed E-state index contributed by atoms with van der Waals surface area (Å²) in [6, 6.07) is 0. The second kappa shape index (κ2) is 30.5. The minimum Gasteiger partial charge on any atom is -0.468 e. The third-order valence-corrected chi connectivity index (χ3v) is 7.98. The number of hydrogen-bond acceptors (Lipinski definition) is 3. The van der Waals surface area contributed by atoms with Crippen LogP contribution in [0.4, 0.5) is 0 Å². The second-order valence-electron chi connectivity index (χ2n) is 11.6. The third-order valence-electron chi connectivity index (χ3n) is 7.98. The molecular formula is C34H67NO3. The number of amides is 1. The molecule has 0 saturated heterocycles. The number of unbranched alkanes of at least 4 members (excludes halogenated alkanes) is 24. The molecule has 0 heterocycles. The minimum absolute atomic E-state index is 0.144. The van der Waals surface area contributed by atoms with E-state index in [4.69, 9.17) is 4.74 Å². The Kier molecular flexibility index (Phi) is 29.6. The largest absolute Gasteiger partial charge is 0.468 e. The van der Waals surface area contributed by atoms with Crippen LogP contribution >= 0.6 is 0 Å². The Labute approximate surface area is 238 Å². The van der Waals surface area contributed by atoms with Gasteiger partial charge in [0.15, 0.2) is 0 Å². The molecule has 38 heavy (non-hydrogen) atoms. The van der Waals surface area contributed by atoms with E-state index in [1.807, 2.05) is 0 Å². The molecule has 1 atom stereocenters. The van der Waals surface area contributed by atoms with E-state index in [1.54, 1.807) is 0 Å². The highest BCUT2D eigenvalue weighted by atomic mass is 16.5. The topological polar surface area (TPSA) is 55.4 Å². The lowest BCUT2D eigenvalue weighted by Crippen LogP contribution is -2.36. The molecule has 0 spiro atoms. The van der Waals surface area contributed by atoms with Crippen molar-refractivity contribution >= 4 is 11.9 Å². The van der Waals surface area contributed by atoms with Crippen molar-refractivity contribution < 1.29 is 14.3 Å². The van der Waals surface area contributed by atoms with Gasteiger partial charge in [-0.1, -0.05) is 174 Å². The second-order valence-corrected chi connectivity index (χ2v) is 11.6. The zero-order chi connectivity index (χ0) is 27.9. The van der Waals surface area contributed by atoms with E-state index in [1.165, 1.54) is 148 Å². The Hall–Kier alpha value is -1.06. The van der Waals surface area contributed by atoms with Crippen LogP contribution in [0.1, 0.15) is 187 Å². The molecule has 0 aromatic heterocycles. The van der Waals surface area contributed by atoms with E-state index < -0.39 is 5.92 Å². The van der Waals surface area contributed by atoms with Gasteiger partial charge in [0, 0.05) is 6.54 Å². The van der Waals surface area contributed by atoms with Crippen LogP contribution in [0.15, 0.2) is 0 Å². The van der Waals surface area contributed by atoms with Crippen LogP contribution in [0.5, 0.6) is 0 Å². The Morgan fingerprint density at radius 3 is 1.16 bits per heavy atom. The summed E-state index contributed by atoms with van der Waals surface area (Å²) in [5.41, 5.74) is 0. The van der Waals surface area contributed by atoms with Gasteiger partial charge in [-0.15, -0.1) is 0 Å². The van der Waals surface area contributed by atoms with Crippen molar-refractivity contribution in [1.82, 2.24) is 5.32 Å². The summed E-state index contributed by atoms with van der Waals surface area (Å²) in [7, 11) is 1.39. The molecule has 0 rings (SSSR count). The highest BCUT2D eigenvalue weighted by molar-refractivity contribution is 5.97. The van der Waals surface area contributed by atoms with E-state index in [0.29, 0.717) is 13.0 Å². The molecule has 4 heteroatoms. The Balaban J connectivity index is 3.66. The molecule has 0 aliphatic rings. The fourth-order valence-electron chi connectivity index (χ4n) is 5.34. The Bertz CT molecular complexity index is 508. The predicted octanol–water partition coefficient (Wildman–Crippen LogP) is 10.5. The normalized spacial score (nSPS) is 12.0. The number of methoxy groups -OCH3 is 1. The molecule has 0 bridgehead atoms. The van der Waals surface area contributed by atoms with Gasteiger partial charge in [0.25, 0.3) is 0 Å². The first kappa shape index (κ1) is 36.9. The highest BCUT2D eigenvalue weighted by Gasteiger charge is 2.26. The van der Waals surface area contributed by atoms with E-state index in [0.717, 1.165) is 25.7 Å². The maximum atomic E-state index is 12.6. The van der Waals surface area contributed by atoms with Gasteiger partial charge in [-0.2, -0.15) is 0 Å². The number of rotatable bonds is 30. The van der Waals surface area contributed by atoms with Crippen LogP contribution in [0.3, 0.4) is 0 Å². The summed E-state index contributed by atoms with van der Waals surface area (Å²) in [5.74, 6) is -1.17. The van der Waals surface area contributed by atoms with Gasteiger partial charge in [0.1, 0.15) is 5.92 Å². The summed E-state index contributed by atoms with van der Waals surface area (Å²) in [6.07, 6.45) is 34.6. The van der Waals surface area contributed by atoms with Crippen LogP contribution in [0.25, 0.3) is 0 Å². The molecule has 0 radical (unpaired) electrons. The maximum Gasteiger partial charge on any atom is 0.318 e. The summed E-state index contributed by atoms with van der Waals surface area (Å²) < 4.78 is 4.92. The molecule has 0 aliphatic heterocycles. The van der Waals surface area contributed by atoms with E-state index in [9.17, 15) is 9.59 Å². The SMILES string of the molecule is CCCCCCCCCCCCCCCCNC(=O)C(CCCCCCCCCCCCCC)C(=O)OC. The van der Waals surface area contributed by atoms with Crippen molar-refractivity contribution in [3.8, 4) is 0 Å². The first-order valence-electron chi connectivity index (χ1n) is 17.0. The highest BCUT2D eigenvalue weighted by Crippen LogP contribution is 2.16. The standard InChI is InChI=1S/C34H67NO3/c1-4-6-8-10-12-14-16-18-19-21-23-25-27-29-31-35-33(36)32(34(37)38-3)30-28-26-24-22-20-17-15-13-11-9-7-5-2/h32H,4-31H2,1-3H3,(H,35,36). The van der Waals surface area contributed by atoms with Crippen molar-refractivity contribution in [3.05, 3.63) is 0 Å². The number of ether oxygens (including phenoxy) is 1. The first-order valence-corrected chi connectivity index (χ1v) is 17.0. The lowest BCUT2D eigenvalue weighted by atomic mass is 9.99. The minimum atomic E-state index is -0.644. The molecule has 4 nitrogen and oxygen atoms in total. The summed E-state index contributed by atoms with van der Waals surface area (Å²) in [4.78, 5) is 24.8. The fraction of sp³-hybridized carbons (Fsp3) is 0.941. The molecule has 0 aromatic rings. The Morgan fingerprint density at radius 2 is 0.816 bits per heavy atom. The Morgan fingerprint density at radius 1 is 0.500 bits per heavy atom. The molecule has 1 amide bonds. The zero-order valence-corrected chi connectivity index (χ0v) is 26.1. The van der Waals surface area contributed by atoms with Crippen LogP contribution in [0.2, 0.25) is 0 Å². The fourth-order valence-corrected chi connectivity index (χ4v) is 5.34. The smallest absolute Gasteiger partial charge is 0.318 e. The molecule has 226 valence electrons. The molecule has 1 unspecified atom stereocenters. The average Bonchev–Trinajstić information content (AvgIpc) is 2.93. The number of carbonyl (C=O) groups excluding carboxylic acids is 2. The van der Waals surface area contributed by atoms with E-state index in [-0.39, 0.29) is 11.9 Å². The predicted molar refractivity (Wildman–Crippen MR) is 165 cm³/mol. The number of nitrogens with one attached hydrogen (secondary N) is 1. The van der Waals surface area contributed by atoms with Gasteiger partial charge >= 0.3 is 5.97 Å². The van der Waals surface area contributed by atoms with Gasteiger partial charge in [-0.05, 0) is 12.8 Å². The molecule has 0 aromatic carbocycles. The molecule has 0 fully saturated rings. The summed E-state index contributed by atoms with van der Waals surface area (Å²) >= 11 is 0. The lowest BCUT2D eigenvalue weighted by molar-refractivity contribution is -0.150. The number of hydrogen-bond donors (Lipinski definition) is 1. The molecule has 0 aliphatic carbocycles. The number of carbonyl (C=O) groups is 2. The van der Waals surface area contributed by atoms with Crippen molar-refractivity contribution in [3.63, 3.8) is 0 Å².